The second kappa shape index (κ2) is 4.89. The molecule has 0 aromatic carbocycles. The Morgan fingerprint density at radius 2 is 2.00 bits per heavy atom. The van der Waals surface area contributed by atoms with Crippen molar-refractivity contribution in [3.8, 4) is 0 Å². The first-order chi connectivity index (χ1) is 6.20. The SMILES string of the molecule is CC(C)OCC(N)c1cncnc1. The number of nitrogens with two attached hydrogens (primary N) is 1. The van der Waals surface area contributed by atoms with Crippen LogP contribution < -0.4 is 5.73 Å². The van der Waals surface area contributed by atoms with E-state index in [1.165, 1.54) is 6.33 Å². The summed E-state index contributed by atoms with van der Waals surface area (Å²) in [6.07, 6.45) is 5.11. The maximum atomic E-state index is 5.84. The quantitative estimate of drug-likeness (QED) is 0.749. The maximum Gasteiger partial charge on any atom is 0.115 e. The summed E-state index contributed by atoms with van der Waals surface area (Å²) in [5.74, 6) is 0. The van der Waals surface area contributed by atoms with E-state index in [1.54, 1.807) is 12.4 Å². The number of ether oxygens (including phenoxy) is 1. The fourth-order valence-electron chi connectivity index (χ4n) is 0.894. The van der Waals surface area contributed by atoms with E-state index in [-0.39, 0.29) is 12.1 Å². The van der Waals surface area contributed by atoms with Gasteiger partial charge in [-0.3, -0.25) is 0 Å². The molecular weight excluding hydrogens is 166 g/mol. The van der Waals surface area contributed by atoms with E-state index in [2.05, 4.69) is 9.97 Å². The van der Waals surface area contributed by atoms with E-state index in [1.807, 2.05) is 13.8 Å². The third-order valence-corrected chi connectivity index (χ3v) is 1.62. The number of hydrogen-bond acceptors (Lipinski definition) is 4. The summed E-state index contributed by atoms with van der Waals surface area (Å²) in [5.41, 5.74) is 6.74. The number of aromatic nitrogens is 2. The van der Waals surface area contributed by atoms with Gasteiger partial charge < -0.3 is 10.5 Å². The Labute approximate surface area is 78.1 Å². The summed E-state index contributed by atoms with van der Waals surface area (Å²) in [6.45, 7) is 4.47. The zero-order chi connectivity index (χ0) is 9.68. The molecule has 0 saturated carbocycles. The van der Waals surface area contributed by atoms with Gasteiger partial charge in [0.25, 0.3) is 0 Å². The van der Waals surface area contributed by atoms with Gasteiger partial charge in [0.2, 0.25) is 0 Å². The van der Waals surface area contributed by atoms with Gasteiger partial charge >= 0.3 is 0 Å². The highest BCUT2D eigenvalue weighted by Crippen LogP contribution is 2.07. The van der Waals surface area contributed by atoms with E-state index in [4.69, 9.17) is 10.5 Å². The monoisotopic (exact) mass is 181 g/mol. The highest BCUT2D eigenvalue weighted by Gasteiger charge is 2.06. The first-order valence-electron chi connectivity index (χ1n) is 4.32. The first kappa shape index (κ1) is 10.1. The van der Waals surface area contributed by atoms with Crippen LogP contribution in [0.15, 0.2) is 18.7 Å². The van der Waals surface area contributed by atoms with Crippen molar-refractivity contribution in [1.82, 2.24) is 9.97 Å². The molecule has 1 heterocycles. The van der Waals surface area contributed by atoms with Crippen LogP contribution in [0, 0.1) is 0 Å². The minimum absolute atomic E-state index is 0.136. The molecule has 2 N–H and O–H groups in total. The molecule has 1 rings (SSSR count). The molecule has 0 aliphatic heterocycles. The molecule has 1 aromatic rings. The van der Waals surface area contributed by atoms with Crippen molar-refractivity contribution in [2.45, 2.75) is 26.0 Å². The third-order valence-electron chi connectivity index (χ3n) is 1.62. The van der Waals surface area contributed by atoms with Crippen molar-refractivity contribution >= 4 is 0 Å². The predicted octanol–water partition coefficient (Wildman–Crippen LogP) is 0.901. The van der Waals surface area contributed by atoms with Gasteiger partial charge in [0.1, 0.15) is 6.33 Å². The fraction of sp³-hybridized carbons (Fsp3) is 0.556. The maximum absolute atomic E-state index is 5.84. The molecule has 0 spiro atoms. The molecular formula is C9H15N3O. The lowest BCUT2D eigenvalue weighted by Crippen LogP contribution is -2.19. The van der Waals surface area contributed by atoms with E-state index in [0.29, 0.717) is 6.61 Å². The number of rotatable bonds is 4. The van der Waals surface area contributed by atoms with Crippen LogP contribution in [0.2, 0.25) is 0 Å². The molecule has 0 fully saturated rings. The lowest BCUT2D eigenvalue weighted by atomic mass is 10.2. The Balaban J connectivity index is 2.44. The number of nitrogens with zero attached hydrogens (tertiary/aromatic N) is 2. The van der Waals surface area contributed by atoms with Gasteiger partial charge in [-0.1, -0.05) is 0 Å². The highest BCUT2D eigenvalue weighted by atomic mass is 16.5. The summed E-state index contributed by atoms with van der Waals surface area (Å²) in [7, 11) is 0. The molecule has 1 aromatic heterocycles. The minimum Gasteiger partial charge on any atom is -0.377 e. The molecule has 1 atom stereocenters. The predicted molar refractivity (Wildman–Crippen MR) is 50.0 cm³/mol. The van der Waals surface area contributed by atoms with Gasteiger partial charge in [-0.15, -0.1) is 0 Å². The van der Waals surface area contributed by atoms with E-state index >= 15 is 0 Å². The Bertz CT molecular complexity index is 238. The minimum atomic E-state index is -0.136. The van der Waals surface area contributed by atoms with Crippen molar-refractivity contribution in [2.24, 2.45) is 5.73 Å². The van der Waals surface area contributed by atoms with Crippen LogP contribution >= 0.6 is 0 Å². The van der Waals surface area contributed by atoms with Crippen molar-refractivity contribution in [1.29, 1.82) is 0 Å². The Morgan fingerprint density at radius 1 is 1.38 bits per heavy atom. The van der Waals surface area contributed by atoms with Crippen molar-refractivity contribution in [3.05, 3.63) is 24.3 Å². The van der Waals surface area contributed by atoms with Crippen LogP contribution in [0.25, 0.3) is 0 Å². The second-order valence-corrected chi connectivity index (χ2v) is 3.16. The van der Waals surface area contributed by atoms with Crippen molar-refractivity contribution in [2.75, 3.05) is 6.61 Å². The normalized spacial score (nSPS) is 13.2. The molecule has 0 amide bonds. The lowest BCUT2D eigenvalue weighted by molar-refractivity contribution is 0.0682. The molecule has 0 radical (unpaired) electrons. The molecule has 4 nitrogen and oxygen atoms in total. The van der Waals surface area contributed by atoms with Crippen LogP contribution in [0.1, 0.15) is 25.5 Å². The van der Waals surface area contributed by atoms with Gasteiger partial charge in [0.05, 0.1) is 18.8 Å². The average Bonchev–Trinajstić information content (AvgIpc) is 2.15. The van der Waals surface area contributed by atoms with E-state index in [0.717, 1.165) is 5.56 Å². The van der Waals surface area contributed by atoms with Crippen LogP contribution in [0.4, 0.5) is 0 Å². The zero-order valence-electron chi connectivity index (χ0n) is 7.97. The molecule has 0 aliphatic carbocycles. The highest BCUT2D eigenvalue weighted by molar-refractivity contribution is 5.07. The third kappa shape index (κ3) is 3.48. The zero-order valence-corrected chi connectivity index (χ0v) is 7.97. The van der Waals surface area contributed by atoms with Gasteiger partial charge in [0, 0.05) is 18.0 Å². The van der Waals surface area contributed by atoms with Gasteiger partial charge in [-0.2, -0.15) is 0 Å². The smallest absolute Gasteiger partial charge is 0.115 e. The summed E-state index contributed by atoms with van der Waals surface area (Å²) in [4.78, 5) is 7.77. The Hall–Kier alpha value is -1.00. The van der Waals surface area contributed by atoms with Gasteiger partial charge in [-0.25, -0.2) is 9.97 Å². The van der Waals surface area contributed by atoms with Crippen LogP contribution in [-0.2, 0) is 4.74 Å². The van der Waals surface area contributed by atoms with E-state index in [9.17, 15) is 0 Å². The van der Waals surface area contributed by atoms with Gasteiger partial charge in [-0.05, 0) is 13.8 Å². The fourth-order valence-corrected chi connectivity index (χ4v) is 0.894. The largest absolute Gasteiger partial charge is 0.377 e. The standard InChI is InChI=1S/C9H15N3O/c1-7(2)13-5-9(10)8-3-11-6-12-4-8/h3-4,6-7,9H,5,10H2,1-2H3. The first-order valence-corrected chi connectivity index (χ1v) is 4.32. The number of hydrogen-bond donors (Lipinski definition) is 1. The Kier molecular flexibility index (Phi) is 3.79. The summed E-state index contributed by atoms with van der Waals surface area (Å²) < 4.78 is 5.38. The summed E-state index contributed by atoms with van der Waals surface area (Å²) in [6, 6.07) is -0.136. The Morgan fingerprint density at radius 3 is 2.54 bits per heavy atom. The summed E-state index contributed by atoms with van der Waals surface area (Å²) in [5, 5.41) is 0. The topological polar surface area (TPSA) is 61.0 Å². The van der Waals surface area contributed by atoms with Crippen LogP contribution in [-0.4, -0.2) is 22.7 Å². The van der Waals surface area contributed by atoms with Gasteiger partial charge in [0.15, 0.2) is 0 Å². The molecule has 72 valence electrons. The molecule has 0 saturated heterocycles. The second-order valence-electron chi connectivity index (χ2n) is 3.16. The van der Waals surface area contributed by atoms with Crippen molar-refractivity contribution in [3.63, 3.8) is 0 Å². The lowest BCUT2D eigenvalue weighted by Gasteiger charge is -2.13. The molecule has 0 bridgehead atoms. The summed E-state index contributed by atoms with van der Waals surface area (Å²) >= 11 is 0. The molecule has 13 heavy (non-hydrogen) atoms. The average molecular weight is 181 g/mol. The van der Waals surface area contributed by atoms with E-state index < -0.39 is 0 Å². The molecule has 4 heteroatoms. The van der Waals surface area contributed by atoms with Crippen molar-refractivity contribution < 1.29 is 4.74 Å². The molecule has 1 unspecified atom stereocenters. The molecule has 0 aliphatic rings. The van der Waals surface area contributed by atoms with Crippen LogP contribution in [0.5, 0.6) is 0 Å². The van der Waals surface area contributed by atoms with Crippen LogP contribution in [0.3, 0.4) is 0 Å².